The van der Waals surface area contributed by atoms with Gasteiger partial charge in [-0.25, -0.2) is 9.97 Å². The summed E-state index contributed by atoms with van der Waals surface area (Å²) in [4.78, 5) is 6.11. The molecule has 4 nitrogen and oxygen atoms in total. The number of nitrogens with zero attached hydrogens (tertiary/aromatic N) is 2. The number of hydrogen-bond acceptors (Lipinski definition) is 5. The second-order valence-corrected chi connectivity index (χ2v) is 3.40. The van der Waals surface area contributed by atoms with Crippen molar-refractivity contribution in [2.45, 2.75) is 18.4 Å². The first-order valence-corrected chi connectivity index (χ1v) is 4.85. The smallest absolute Gasteiger partial charge is 0.389 e. The number of thiol groups is 1. The third-order valence-corrected chi connectivity index (χ3v) is 2.19. The highest BCUT2D eigenvalue weighted by atomic mass is 32.1. The Hall–Kier alpha value is -0.860. The molecule has 2 unspecified atom stereocenters. The lowest BCUT2D eigenvalue weighted by Gasteiger charge is -2.15. The van der Waals surface area contributed by atoms with E-state index in [-0.39, 0.29) is 11.3 Å². The average Bonchev–Trinajstić information content (AvgIpc) is 2.26. The highest BCUT2D eigenvalue weighted by Gasteiger charge is 2.34. The number of hydrogen-bond donors (Lipinski definition) is 3. The van der Waals surface area contributed by atoms with Gasteiger partial charge in [0.05, 0.1) is 6.10 Å². The van der Waals surface area contributed by atoms with Gasteiger partial charge in [0.15, 0.2) is 0 Å². The van der Waals surface area contributed by atoms with Crippen LogP contribution < -0.4 is 0 Å². The quantitative estimate of drug-likeness (QED) is 0.699. The maximum atomic E-state index is 12.1. The zero-order valence-corrected chi connectivity index (χ0v) is 8.78. The summed E-state index contributed by atoms with van der Waals surface area (Å²) in [6.45, 7) is 0. The molecule has 1 aromatic rings. The van der Waals surface area contributed by atoms with Gasteiger partial charge in [0.25, 0.3) is 0 Å². The van der Waals surface area contributed by atoms with Crippen LogP contribution in [0.4, 0.5) is 13.2 Å². The molecule has 0 aliphatic rings. The molecule has 1 rings (SSSR count). The van der Waals surface area contributed by atoms with Crippen molar-refractivity contribution in [2.75, 3.05) is 5.75 Å². The van der Waals surface area contributed by atoms with Crippen molar-refractivity contribution in [3.63, 3.8) is 0 Å². The monoisotopic (exact) mass is 254 g/mol. The summed E-state index contributed by atoms with van der Waals surface area (Å²) >= 11 is 3.74. The number of aliphatic hydroxyl groups excluding tert-OH is 2. The highest BCUT2D eigenvalue weighted by Crippen LogP contribution is 2.26. The molecule has 90 valence electrons. The lowest BCUT2D eigenvalue weighted by molar-refractivity contribution is -0.145. The largest absolute Gasteiger partial charge is 0.451 e. The van der Waals surface area contributed by atoms with Gasteiger partial charge in [-0.3, -0.25) is 0 Å². The summed E-state index contributed by atoms with van der Waals surface area (Å²) in [7, 11) is 0. The first-order valence-electron chi connectivity index (χ1n) is 4.22. The number of aromatic nitrogens is 2. The molecule has 0 fully saturated rings. The van der Waals surface area contributed by atoms with Gasteiger partial charge in [0.2, 0.25) is 5.82 Å². The minimum absolute atomic E-state index is 0.00884. The number of alkyl halides is 3. The van der Waals surface area contributed by atoms with E-state index >= 15 is 0 Å². The molecule has 0 aliphatic carbocycles. The zero-order chi connectivity index (χ0) is 12.3. The van der Waals surface area contributed by atoms with Gasteiger partial charge < -0.3 is 10.2 Å². The minimum atomic E-state index is -4.62. The van der Waals surface area contributed by atoms with Gasteiger partial charge in [0.1, 0.15) is 6.10 Å². The molecule has 16 heavy (non-hydrogen) atoms. The van der Waals surface area contributed by atoms with E-state index < -0.39 is 24.2 Å². The maximum Gasteiger partial charge on any atom is 0.451 e. The maximum absolute atomic E-state index is 12.1. The van der Waals surface area contributed by atoms with Crippen LogP contribution in [-0.2, 0) is 6.18 Å². The summed E-state index contributed by atoms with van der Waals surface area (Å²) in [5.41, 5.74) is 0.00884. The van der Waals surface area contributed by atoms with Gasteiger partial charge in [-0.05, 0) is 0 Å². The number of rotatable bonds is 3. The van der Waals surface area contributed by atoms with Gasteiger partial charge >= 0.3 is 6.18 Å². The standard InChI is InChI=1S/C8H9F3N2O2S/c9-8(10,11)7-12-1-4(2-13-7)6(15)5(14)3-16/h1-2,5-6,14-16H,3H2. The molecule has 8 heteroatoms. The van der Waals surface area contributed by atoms with Crippen molar-refractivity contribution >= 4 is 12.6 Å². The fourth-order valence-corrected chi connectivity index (χ4v) is 1.16. The Bertz CT molecular complexity index is 344. The van der Waals surface area contributed by atoms with Crippen LogP contribution in [0.15, 0.2) is 12.4 Å². The molecule has 2 N–H and O–H groups in total. The molecular weight excluding hydrogens is 245 g/mol. The van der Waals surface area contributed by atoms with E-state index in [0.29, 0.717) is 0 Å². The molecule has 1 aromatic heterocycles. The SMILES string of the molecule is OC(CS)C(O)c1cnc(C(F)(F)F)nc1. The second-order valence-electron chi connectivity index (χ2n) is 3.03. The van der Waals surface area contributed by atoms with Crippen LogP contribution in [0.5, 0.6) is 0 Å². The van der Waals surface area contributed by atoms with E-state index in [9.17, 15) is 23.4 Å². The van der Waals surface area contributed by atoms with Crippen molar-refractivity contribution in [3.8, 4) is 0 Å². The van der Waals surface area contributed by atoms with Crippen molar-refractivity contribution in [1.29, 1.82) is 0 Å². The van der Waals surface area contributed by atoms with Gasteiger partial charge in [-0.2, -0.15) is 25.8 Å². The van der Waals surface area contributed by atoms with E-state index in [1.165, 1.54) is 0 Å². The van der Waals surface area contributed by atoms with Crippen LogP contribution >= 0.6 is 12.6 Å². The Morgan fingerprint density at radius 3 is 2.12 bits per heavy atom. The third-order valence-electron chi connectivity index (χ3n) is 1.82. The molecule has 1 heterocycles. The third kappa shape index (κ3) is 3.06. The molecule has 0 bridgehead atoms. The van der Waals surface area contributed by atoms with Gasteiger partial charge in [0, 0.05) is 23.7 Å². The Morgan fingerprint density at radius 1 is 1.25 bits per heavy atom. The first-order chi connectivity index (χ1) is 7.36. The summed E-state index contributed by atoms with van der Waals surface area (Å²) < 4.78 is 36.3. The van der Waals surface area contributed by atoms with Crippen LogP contribution in [-0.4, -0.2) is 32.0 Å². The topological polar surface area (TPSA) is 66.2 Å². The summed E-state index contributed by atoms with van der Waals surface area (Å²) in [6, 6.07) is 0. The van der Waals surface area contributed by atoms with Crippen molar-refractivity contribution in [2.24, 2.45) is 0 Å². The normalized spacial score (nSPS) is 15.9. The highest BCUT2D eigenvalue weighted by molar-refractivity contribution is 7.80. The molecule has 2 atom stereocenters. The first kappa shape index (κ1) is 13.2. The van der Waals surface area contributed by atoms with E-state index in [1.54, 1.807) is 0 Å². The second kappa shape index (κ2) is 4.98. The van der Waals surface area contributed by atoms with E-state index in [2.05, 4.69) is 22.6 Å². The van der Waals surface area contributed by atoms with Crippen LogP contribution in [0.3, 0.4) is 0 Å². The predicted octanol–water partition coefficient (Wildman–Crippen LogP) is 0.820. The number of aliphatic hydroxyl groups is 2. The molecule has 0 amide bonds. The molecule has 0 spiro atoms. The molecule has 0 aliphatic heterocycles. The van der Waals surface area contributed by atoms with Crippen molar-refractivity contribution in [1.82, 2.24) is 9.97 Å². The van der Waals surface area contributed by atoms with Crippen LogP contribution in [0.2, 0.25) is 0 Å². The van der Waals surface area contributed by atoms with E-state index in [4.69, 9.17) is 0 Å². The Labute approximate surface area is 94.6 Å². The minimum Gasteiger partial charge on any atom is -0.389 e. The van der Waals surface area contributed by atoms with Crippen molar-refractivity contribution < 1.29 is 23.4 Å². The summed E-state index contributed by atoms with van der Waals surface area (Å²) in [5.74, 6) is -1.31. The van der Waals surface area contributed by atoms with Crippen LogP contribution in [0.1, 0.15) is 17.5 Å². The molecule has 0 saturated heterocycles. The summed E-state index contributed by atoms with van der Waals surface area (Å²) in [6.07, 6.45) is -5.49. The lowest BCUT2D eigenvalue weighted by atomic mass is 10.1. The Balaban J connectivity index is 2.87. The van der Waals surface area contributed by atoms with Crippen molar-refractivity contribution in [3.05, 3.63) is 23.8 Å². The Kier molecular flexibility index (Phi) is 4.11. The molecule has 0 saturated carbocycles. The molecule has 0 aromatic carbocycles. The molecular formula is C8H9F3N2O2S. The lowest BCUT2D eigenvalue weighted by Crippen LogP contribution is -2.21. The Morgan fingerprint density at radius 2 is 1.75 bits per heavy atom. The van der Waals surface area contributed by atoms with Crippen LogP contribution in [0.25, 0.3) is 0 Å². The fraction of sp³-hybridized carbons (Fsp3) is 0.500. The zero-order valence-electron chi connectivity index (χ0n) is 7.89. The van der Waals surface area contributed by atoms with Crippen LogP contribution in [0, 0.1) is 0 Å². The number of halogens is 3. The predicted molar refractivity (Wildman–Crippen MR) is 51.9 cm³/mol. The summed E-state index contributed by atoms with van der Waals surface area (Å²) in [5, 5.41) is 18.6. The average molecular weight is 254 g/mol. The fourth-order valence-electron chi connectivity index (χ4n) is 0.959. The van der Waals surface area contributed by atoms with Gasteiger partial charge in [-0.1, -0.05) is 0 Å². The molecule has 0 radical (unpaired) electrons. The van der Waals surface area contributed by atoms with Gasteiger partial charge in [-0.15, -0.1) is 0 Å². The van der Waals surface area contributed by atoms with E-state index in [1.807, 2.05) is 0 Å². The van der Waals surface area contributed by atoms with E-state index in [0.717, 1.165) is 12.4 Å².